The van der Waals surface area contributed by atoms with E-state index in [2.05, 4.69) is 53.7 Å². The first-order valence-electron chi connectivity index (χ1n) is 11.5. The van der Waals surface area contributed by atoms with Crippen LogP contribution < -0.4 is 24.8 Å². The minimum absolute atomic E-state index is 0. The van der Waals surface area contributed by atoms with Gasteiger partial charge in [-0.15, -0.1) is 0 Å². The van der Waals surface area contributed by atoms with Crippen molar-refractivity contribution < 1.29 is 45.1 Å². The molecule has 0 N–H and O–H groups in total. The molecule has 2 unspecified atom stereocenters. The van der Waals surface area contributed by atoms with Gasteiger partial charge in [-0.2, -0.15) is 0 Å². The van der Waals surface area contributed by atoms with Crippen LogP contribution in [0.25, 0.3) is 0 Å². The molecule has 0 radical (unpaired) electrons. The molecule has 0 aromatic rings. The van der Waals surface area contributed by atoms with Gasteiger partial charge < -0.3 is 24.8 Å². The summed E-state index contributed by atoms with van der Waals surface area (Å²) in [7, 11) is 0. The topological polar surface area (TPSA) is 0 Å². The van der Waals surface area contributed by atoms with E-state index in [-0.39, 0.29) is 24.8 Å². The fraction of sp³-hybridized carbons (Fsp3) is 0.692. The van der Waals surface area contributed by atoms with Gasteiger partial charge in [-0.25, -0.2) is 0 Å². The summed E-state index contributed by atoms with van der Waals surface area (Å²) in [5.41, 5.74) is 11.8. The SMILES string of the molecule is CC1=CC2=C(CCCC2(C)C)[CH]1[Zr+2]1([CH]2C(C)=CC3=C2CCCC3(C)C)[CH2][CH2]1.[Cl-].[Cl-]. The Morgan fingerprint density at radius 2 is 1.10 bits per heavy atom. The summed E-state index contributed by atoms with van der Waals surface area (Å²) in [6, 6.07) is 0. The molecule has 1 aliphatic heterocycles. The van der Waals surface area contributed by atoms with Crippen LogP contribution in [0.3, 0.4) is 0 Å². The number of halogens is 2. The third kappa shape index (κ3) is 3.49. The van der Waals surface area contributed by atoms with Gasteiger partial charge in [0.15, 0.2) is 0 Å². The molecular weight excluding hydrogens is 474 g/mol. The molecule has 2 atom stereocenters. The molecule has 5 rings (SSSR count). The maximum Gasteiger partial charge on any atom is -1.00 e. The number of allylic oxidation sites excluding steroid dienone is 8. The van der Waals surface area contributed by atoms with Crippen molar-refractivity contribution in [2.75, 3.05) is 0 Å². The van der Waals surface area contributed by atoms with E-state index >= 15 is 0 Å². The molecule has 0 aromatic carbocycles. The second-order valence-corrected chi connectivity index (χ2v) is 23.1. The number of rotatable bonds is 2. The third-order valence-electron chi connectivity index (χ3n) is 8.97. The van der Waals surface area contributed by atoms with Crippen LogP contribution in [0.15, 0.2) is 45.6 Å². The predicted molar refractivity (Wildman–Crippen MR) is 114 cm³/mol. The smallest absolute Gasteiger partial charge is 1.00 e. The number of hydrogen-bond acceptors (Lipinski definition) is 0. The van der Waals surface area contributed by atoms with Crippen molar-refractivity contribution >= 4 is 0 Å². The van der Waals surface area contributed by atoms with Crippen molar-refractivity contribution in [2.24, 2.45) is 10.8 Å². The monoisotopic (exact) mass is 510 g/mol. The van der Waals surface area contributed by atoms with Crippen LogP contribution in [0.2, 0.25) is 15.5 Å². The minimum Gasteiger partial charge on any atom is -1.00 e. The third-order valence-corrected chi connectivity index (χ3v) is 22.6. The van der Waals surface area contributed by atoms with Crippen molar-refractivity contribution in [1.82, 2.24) is 0 Å². The molecule has 3 heteroatoms. The van der Waals surface area contributed by atoms with E-state index in [1.54, 1.807) is 30.5 Å². The Morgan fingerprint density at radius 1 is 0.724 bits per heavy atom. The molecule has 1 saturated heterocycles. The Kier molecular flexibility index (Phi) is 6.46. The van der Waals surface area contributed by atoms with E-state index in [0.717, 1.165) is 7.25 Å². The summed E-state index contributed by atoms with van der Waals surface area (Å²) >= 11 is -2.24. The summed E-state index contributed by atoms with van der Waals surface area (Å²) in [5, 5.41) is 0. The van der Waals surface area contributed by atoms with E-state index in [4.69, 9.17) is 0 Å². The van der Waals surface area contributed by atoms with E-state index in [1.165, 1.54) is 38.5 Å². The summed E-state index contributed by atoms with van der Waals surface area (Å²) in [4.78, 5) is 0. The van der Waals surface area contributed by atoms with Gasteiger partial charge in [0.05, 0.1) is 0 Å². The fourth-order valence-electron chi connectivity index (χ4n) is 7.69. The average molecular weight is 513 g/mol. The summed E-state index contributed by atoms with van der Waals surface area (Å²) < 4.78 is 5.18. The van der Waals surface area contributed by atoms with Crippen molar-refractivity contribution in [1.29, 1.82) is 0 Å². The van der Waals surface area contributed by atoms with Crippen molar-refractivity contribution in [2.45, 2.75) is 95.6 Å². The van der Waals surface area contributed by atoms with E-state index < -0.39 is 20.3 Å². The van der Waals surface area contributed by atoms with Crippen LogP contribution in [0, 0.1) is 10.8 Å². The summed E-state index contributed by atoms with van der Waals surface area (Å²) in [5.74, 6) is 0. The maximum atomic E-state index is 2.67. The zero-order valence-corrected chi connectivity index (χ0v) is 23.2. The standard InChI is InChI=1S/2C12H17.C2H4.2ClH.Zr/c2*1-9-7-10-5-4-6-12(2,3)11(10)8-9;1-2;;;/h2*7-8H,4-6H2,1-3H3;1-2H2;2*1H;/q;;;;;+2/p-2. The van der Waals surface area contributed by atoms with Gasteiger partial charge in [0.2, 0.25) is 0 Å². The largest absolute Gasteiger partial charge is 1.00 e. The molecule has 29 heavy (non-hydrogen) atoms. The second-order valence-electron chi connectivity index (χ2n) is 11.7. The van der Waals surface area contributed by atoms with Gasteiger partial charge >= 0.3 is 172 Å². The van der Waals surface area contributed by atoms with Crippen molar-refractivity contribution in [3.63, 3.8) is 0 Å². The molecule has 0 amide bonds. The van der Waals surface area contributed by atoms with Gasteiger partial charge in [0, 0.05) is 0 Å². The average Bonchev–Trinajstić information content (AvgIpc) is 3.14. The van der Waals surface area contributed by atoms with Crippen LogP contribution in [0.4, 0.5) is 0 Å². The first-order valence-corrected chi connectivity index (χ1v) is 17.8. The Hall–Kier alpha value is 0.423. The van der Waals surface area contributed by atoms with Crippen LogP contribution in [0.5, 0.6) is 0 Å². The molecule has 4 aliphatic carbocycles. The minimum atomic E-state index is -2.24. The van der Waals surface area contributed by atoms with Crippen LogP contribution >= 0.6 is 0 Å². The molecule has 0 spiro atoms. The molecule has 1 fully saturated rings. The zero-order chi connectivity index (χ0) is 19.2. The molecule has 0 bridgehead atoms. The van der Waals surface area contributed by atoms with Crippen LogP contribution in [0.1, 0.15) is 80.1 Å². The van der Waals surface area contributed by atoms with Crippen molar-refractivity contribution in [3.8, 4) is 0 Å². The Balaban J connectivity index is 0.00000120. The van der Waals surface area contributed by atoms with E-state index in [0.29, 0.717) is 10.8 Å². The van der Waals surface area contributed by atoms with Gasteiger partial charge in [0.25, 0.3) is 0 Å². The fourth-order valence-corrected chi connectivity index (χ4v) is 26.0. The first kappa shape index (κ1) is 24.1. The maximum absolute atomic E-state index is 2.67. The van der Waals surface area contributed by atoms with E-state index in [9.17, 15) is 0 Å². The summed E-state index contributed by atoms with van der Waals surface area (Å²) in [6.07, 6.45) is 13.8. The molecule has 0 aromatic heterocycles. The molecule has 5 aliphatic rings. The zero-order valence-electron chi connectivity index (χ0n) is 19.2. The van der Waals surface area contributed by atoms with Gasteiger partial charge in [0.1, 0.15) is 0 Å². The Morgan fingerprint density at radius 3 is 1.45 bits per heavy atom. The molecule has 160 valence electrons. The Bertz CT molecular complexity index is 767. The van der Waals surface area contributed by atoms with Gasteiger partial charge in [-0.3, -0.25) is 0 Å². The Labute approximate surface area is 196 Å². The number of hydrogen-bond donors (Lipinski definition) is 0. The van der Waals surface area contributed by atoms with Gasteiger partial charge in [-0.05, 0) is 0 Å². The van der Waals surface area contributed by atoms with Crippen molar-refractivity contribution in [3.05, 3.63) is 45.6 Å². The molecular formula is C26H38Cl2Zr. The molecule has 0 nitrogen and oxygen atoms in total. The molecule has 0 saturated carbocycles. The molecule has 1 heterocycles. The second kappa shape index (κ2) is 7.78. The van der Waals surface area contributed by atoms with Crippen LogP contribution in [-0.2, 0) is 20.3 Å². The predicted octanol–water partition coefficient (Wildman–Crippen LogP) is 2.51. The normalized spacial score (nSPS) is 32.1. The van der Waals surface area contributed by atoms with E-state index in [1.807, 2.05) is 11.1 Å². The van der Waals surface area contributed by atoms with Crippen LogP contribution in [-0.4, -0.2) is 0 Å². The van der Waals surface area contributed by atoms with Gasteiger partial charge in [-0.1, -0.05) is 0 Å². The summed E-state index contributed by atoms with van der Waals surface area (Å²) in [6.45, 7) is 15.0. The quantitative estimate of drug-likeness (QED) is 0.534. The first-order chi connectivity index (χ1) is 12.7.